The average Bonchev–Trinajstić information content (AvgIpc) is 3.63. The molecular formula is C29H20ClNO6. The SMILES string of the molecule is COc1cc(Cl)cc2cc(C(=O)C3=C(O)C(=O)N(Cc4ccco4)C3c3cccc4ccccc34)oc12. The molecule has 7 nitrogen and oxygen atoms in total. The predicted molar refractivity (Wildman–Crippen MR) is 138 cm³/mol. The van der Waals surface area contributed by atoms with Gasteiger partial charge >= 0.3 is 0 Å². The molecule has 1 atom stereocenters. The summed E-state index contributed by atoms with van der Waals surface area (Å²) < 4.78 is 16.7. The molecule has 184 valence electrons. The smallest absolute Gasteiger partial charge is 0.290 e. The van der Waals surface area contributed by atoms with Crippen molar-refractivity contribution >= 4 is 45.0 Å². The Labute approximate surface area is 216 Å². The van der Waals surface area contributed by atoms with Crippen LogP contribution in [0, 0.1) is 0 Å². The molecule has 8 heteroatoms. The van der Waals surface area contributed by atoms with Crippen molar-refractivity contribution < 1.29 is 28.3 Å². The fourth-order valence-corrected chi connectivity index (χ4v) is 5.13. The first-order valence-corrected chi connectivity index (χ1v) is 11.9. The molecule has 0 saturated carbocycles. The van der Waals surface area contributed by atoms with E-state index in [2.05, 4.69) is 0 Å². The molecule has 6 rings (SSSR count). The minimum Gasteiger partial charge on any atom is -0.503 e. The summed E-state index contributed by atoms with van der Waals surface area (Å²) in [5, 5.41) is 13.8. The van der Waals surface area contributed by atoms with Crippen molar-refractivity contribution in [2.24, 2.45) is 0 Å². The number of ether oxygens (including phenoxy) is 1. The highest BCUT2D eigenvalue weighted by Gasteiger charge is 2.45. The van der Waals surface area contributed by atoms with E-state index in [9.17, 15) is 14.7 Å². The van der Waals surface area contributed by atoms with Crippen LogP contribution in [0.3, 0.4) is 0 Å². The van der Waals surface area contributed by atoms with Gasteiger partial charge in [0.25, 0.3) is 5.91 Å². The maximum atomic E-state index is 13.9. The third kappa shape index (κ3) is 3.75. The number of halogens is 1. The first kappa shape index (κ1) is 22.9. The molecule has 3 heterocycles. The Morgan fingerprint density at radius 2 is 1.86 bits per heavy atom. The van der Waals surface area contributed by atoms with E-state index in [1.54, 1.807) is 24.3 Å². The van der Waals surface area contributed by atoms with Gasteiger partial charge in [0.15, 0.2) is 22.9 Å². The molecule has 0 aliphatic carbocycles. The monoisotopic (exact) mass is 513 g/mol. The van der Waals surface area contributed by atoms with Crippen LogP contribution >= 0.6 is 11.6 Å². The lowest BCUT2D eigenvalue weighted by Gasteiger charge is -2.27. The van der Waals surface area contributed by atoms with Crippen LogP contribution < -0.4 is 4.74 Å². The number of aliphatic hydroxyl groups is 1. The standard InChI is InChI=1S/C29H20ClNO6/c1-35-23-14-18(30)12-17-13-22(37-28(17)23)26(32)24-25(21-10-4-7-16-6-2-3-9-20(16)21)31(29(34)27(24)33)15-19-8-5-11-36-19/h2-14,25,33H,15H2,1H3. The zero-order chi connectivity index (χ0) is 25.7. The number of nitrogens with zero attached hydrogens (tertiary/aromatic N) is 1. The zero-order valence-electron chi connectivity index (χ0n) is 19.6. The predicted octanol–water partition coefficient (Wildman–Crippen LogP) is 6.62. The fourth-order valence-electron chi connectivity index (χ4n) is 4.91. The molecule has 0 spiro atoms. The Morgan fingerprint density at radius 1 is 1.05 bits per heavy atom. The number of Topliss-reactive ketones (excluding diaryl/α,β-unsaturated/α-hetero) is 1. The Morgan fingerprint density at radius 3 is 2.65 bits per heavy atom. The summed E-state index contributed by atoms with van der Waals surface area (Å²) >= 11 is 6.19. The van der Waals surface area contributed by atoms with Crippen LogP contribution in [0.2, 0.25) is 5.02 Å². The van der Waals surface area contributed by atoms with Gasteiger partial charge in [0, 0.05) is 16.5 Å². The van der Waals surface area contributed by atoms with E-state index in [-0.39, 0.29) is 17.9 Å². The molecule has 1 aliphatic rings. The normalized spacial score (nSPS) is 15.8. The summed E-state index contributed by atoms with van der Waals surface area (Å²) in [6.07, 6.45) is 1.51. The van der Waals surface area contributed by atoms with Gasteiger partial charge in [-0.2, -0.15) is 0 Å². The number of hydrogen-bond donors (Lipinski definition) is 1. The maximum absolute atomic E-state index is 13.9. The van der Waals surface area contributed by atoms with Crippen LogP contribution in [0.5, 0.6) is 5.75 Å². The van der Waals surface area contributed by atoms with Gasteiger partial charge in [-0.3, -0.25) is 9.59 Å². The second-order valence-corrected chi connectivity index (χ2v) is 9.15. The van der Waals surface area contributed by atoms with Gasteiger partial charge in [-0.05, 0) is 40.6 Å². The molecule has 1 amide bonds. The number of carbonyl (C=O) groups excluding carboxylic acids is 2. The number of rotatable bonds is 6. The van der Waals surface area contributed by atoms with Gasteiger partial charge in [0.05, 0.1) is 31.5 Å². The van der Waals surface area contributed by atoms with E-state index >= 15 is 0 Å². The molecule has 0 fully saturated rings. The molecule has 37 heavy (non-hydrogen) atoms. The van der Waals surface area contributed by atoms with Crippen molar-refractivity contribution in [1.82, 2.24) is 4.90 Å². The average molecular weight is 514 g/mol. The maximum Gasteiger partial charge on any atom is 0.290 e. The molecule has 1 unspecified atom stereocenters. The fraction of sp³-hybridized carbons (Fsp3) is 0.103. The van der Waals surface area contributed by atoms with E-state index in [0.29, 0.717) is 33.1 Å². The number of aliphatic hydroxyl groups excluding tert-OH is 1. The molecule has 0 bridgehead atoms. The van der Waals surface area contributed by atoms with E-state index < -0.39 is 23.5 Å². The minimum atomic E-state index is -0.880. The number of methoxy groups -OCH3 is 1. The van der Waals surface area contributed by atoms with Crippen molar-refractivity contribution in [2.45, 2.75) is 12.6 Å². The molecule has 1 N–H and O–H groups in total. The van der Waals surface area contributed by atoms with Gasteiger partial charge in [-0.15, -0.1) is 0 Å². The zero-order valence-corrected chi connectivity index (χ0v) is 20.4. The second kappa shape index (κ2) is 8.87. The van der Waals surface area contributed by atoms with Gasteiger partial charge < -0.3 is 23.6 Å². The number of benzene rings is 3. The Hall–Kier alpha value is -4.49. The second-order valence-electron chi connectivity index (χ2n) is 8.71. The van der Waals surface area contributed by atoms with Crippen LogP contribution in [0.4, 0.5) is 0 Å². The van der Waals surface area contributed by atoms with Gasteiger partial charge in [-0.25, -0.2) is 0 Å². The lowest BCUT2D eigenvalue weighted by Crippen LogP contribution is -2.30. The lowest BCUT2D eigenvalue weighted by atomic mass is 9.91. The third-order valence-electron chi connectivity index (χ3n) is 6.56. The van der Waals surface area contributed by atoms with E-state index in [4.69, 9.17) is 25.2 Å². The quantitative estimate of drug-likeness (QED) is 0.256. The highest BCUT2D eigenvalue weighted by Crippen LogP contribution is 2.43. The molecule has 2 aromatic heterocycles. The van der Waals surface area contributed by atoms with E-state index in [0.717, 1.165) is 10.8 Å². The Bertz CT molecular complexity index is 1710. The first-order valence-electron chi connectivity index (χ1n) is 11.5. The molecule has 0 saturated heterocycles. The van der Waals surface area contributed by atoms with Crippen molar-refractivity contribution in [1.29, 1.82) is 0 Å². The van der Waals surface area contributed by atoms with Crippen LogP contribution in [0.1, 0.15) is 27.9 Å². The van der Waals surface area contributed by atoms with Crippen molar-refractivity contribution in [3.63, 3.8) is 0 Å². The first-order chi connectivity index (χ1) is 18.0. The Balaban J connectivity index is 1.52. The summed E-state index contributed by atoms with van der Waals surface area (Å²) in [6, 6.07) is 20.7. The van der Waals surface area contributed by atoms with Gasteiger partial charge in [0.1, 0.15) is 5.76 Å². The van der Waals surface area contributed by atoms with E-state index in [1.165, 1.54) is 24.3 Å². The van der Waals surface area contributed by atoms with E-state index in [1.807, 2.05) is 42.5 Å². The summed E-state index contributed by atoms with van der Waals surface area (Å²) in [5.41, 5.74) is 0.966. The number of furan rings is 2. The molecule has 1 aliphatic heterocycles. The minimum absolute atomic E-state index is 0.0463. The van der Waals surface area contributed by atoms with Gasteiger partial charge in [-0.1, -0.05) is 54.1 Å². The largest absolute Gasteiger partial charge is 0.503 e. The topological polar surface area (TPSA) is 93.1 Å². The summed E-state index contributed by atoms with van der Waals surface area (Å²) in [4.78, 5) is 28.7. The number of carbonyl (C=O) groups is 2. The highest BCUT2D eigenvalue weighted by molar-refractivity contribution is 6.31. The van der Waals surface area contributed by atoms with Crippen LogP contribution in [0.15, 0.2) is 99.2 Å². The van der Waals surface area contributed by atoms with Gasteiger partial charge in [0.2, 0.25) is 5.78 Å². The number of fused-ring (bicyclic) bond motifs is 2. The van der Waals surface area contributed by atoms with Crippen LogP contribution in [-0.4, -0.2) is 28.8 Å². The van der Waals surface area contributed by atoms with Crippen molar-refractivity contribution in [3.05, 3.63) is 112 Å². The number of amides is 1. The molecular weight excluding hydrogens is 494 g/mol. The van der Waals surface area contributed by atoms with Crippen molar-refractivity contribution in [2.75, 3.05) is 7.11 Å². The van der Waals surface area contributed by atoms with Crippen LogP contribution in [0.25, 0.3) is 21.7 Å². The molecule has 3 aromatic carbocycles. The molecule has 5 aromatic rings. The Kier molecular flexibility index (Phi) is 5.50. The van der Waals surface area contributed by atoms with Crippen LogP contribution in [-0.2, 0) is 11.3 Å². The molecule has 0 radical (unpaired) electrons. The summed E-state index contributed by atoms with van der Waals surface area (Å²) in [5.74, 6) is -1.07. The third-order valence-corrected chi connectivity index (χ3v) is 6.78. The summed E-state index contributed by atoms with van der Waals surface area (Å²) in [6.45, 7) is 0.0596. The lowest BCUT2D eigenvalue weighted by molar-refractivity contribution is -0.130. The van der Waals surface area contributed by atoms with Crippen molar-refractivity contribution in [3.8, 4) is 5.75 Å². The summed E-state index contributed by atoms with van der Waals surface area (Å²) in [7, 11) is 1.47. The highest BCUT2D eigenvalue weighted by atomic mass is 35.5. The number of hydrogen-bond acceptors (Lipinski definition) is 6. The number of ketones is 1.